The van der Waals surface area contributed by atoms with E-state index in [1.165, 1.54) is 57.8 Å². The lowest BCUT2D eigenvalue weighted by Crippen LogP contribution is -2.51. The Balaban J connectivity index is 0.00000400. The van der Waals surface area contributed by atoms with Crippen LogP contribution in [0.15, 0.2) is 11.6 Å². The molecule has 0 bridgehead atoms. The summed E-state index contributed by atoms with van der Waals surface area (Å²) in [5, 5.41) is 3.47. The fraction of sp³-hybridized carbons (Fsp3) is 0.925. The van der Waals surface area contributed by atoms with Crippen LogP contribution in [0.5, 0.6) is 0 Å². The van der Waals surface area contributed by atoms with E-state index in [0.717, 1.165) is 107 Å². The van der Waals surface area contributed by atoms with E-state index in [1.54, 1.807) is 5.57 Å². The highest BCUT2D eigenvalue weighted by Gasteiger charge is 2.59. The highest BCUT2D eigenvalue weighted by atomic mass is 35.5. The number of rotatable bonds is 19. The lowest BCUT2D eigenvalue weighted by Gasteiger charge is -2.58. The second kappa shape index (κ2) is 22.2. The van der Waals surface area contributed by atoms with E-state index in [4.69, 9.17) is 16.2 Å². The summed E-state index contributed by atoms with van der Waals surface area (Å²) in [6.45, 7) is 19.7. The van der Waals surface area contributed by atoms with Crippen LogP contribution in [0.3, 0.4) is 0 Å². The maximum absolute atomic E-state index is 13.5. The Morgan fingerprint density at radius 2 is 1.57 bits per heavy atom. The van der Waals surface area contributed by atoms with Gasteiger partial charge in [0.2, 0.25) is 0 Å². The van der Waals surface area contributed by atoms with E-state index in [0.29, 0.717) is 12.0 Å². The molecule has 0 radical (unpaired) electrons. The van der Waals surface area contributed by atoms with Crippen LogP contribution in [-0.2, 0) is 9.53 Å². The SMILES string of the molecule is CC(C)CCCC(C)[C@H]1CC[C@H]2[C@@H]3CC=C4C[C@@H](OC(=O)C(C)N(CCCN)CCCCNCCCN)CC[C@]4(C)[C@H]3CC[C@]12C.Cl.Cl.Cl. The van der Waals surface area contributed by atoms with Crippen molar-refractivity contribution >= 4 is 43.2 Å². The van der Waals surface area contributed by atoms with Crippen LogP contribution in [-0.4, -0.2) is 62.3 Å². The van der Waals surface area contributed by atoms with Gasteiger partial charge in [0.15, 0.2) is 0 Å². The number of ether oxygens (including phenoxy) is 1. The Morgan fingerprint density at radius 1 is 0.878 bits per heavy atom. The van der Waals surface area contributed by atoms with E-state index >= 15 is 0 Å². The molecule has 3 fully saturated rings. The molecule has 0 saturated heterocycles. The highest BCUT2D eigenvalue weighted by Crippen LogP contribution is 2.67. The first-order valence-corrected chi connectivity index (χ1v) is 19.8. The Morgan fingerprint density at radius 3 is 2.27 bits per heavy atom. The summed E-state index contributed by atoms with van der Waals surface area (Å²) in [6.07, 6.45) is 21.0. The van der Waals surface area contributed by atoms with E-state index in [1.807, 2.05) is 6.92 Å². The van der Waals surface area contributed by atoms with Crippen molar-refractivity contribution in [2.45, 2.75) is 150 Å². The number of allylic oxidation sites excluding steroid dienone is 1. The zero-order valence-electron chi connectivity index (χ0n) is 32.2. The minimum atomic E-state index is -0.228. The largest absolute Gasteiger partial charge is 0.461 e. The summed E-state index contributed by atoms with van der Waals surface area (Å²) >= 11 is 0. The summed E-state index contributed by atoms with van der Waals surface area (Å²) in [5.41, 5.74) is 13.9. The van der Waals surface area contributed by atoms with Crippen molar-refractivity contribution in [2.24, 2.45) is 57.8 Å². The molecular weight excluding hydrogens is 675 g/mol. The smallest absolute Gasteiger partial charge is 0.323 e. The predicted octanol–water partition coefficient (Wildman–Crippen LogP) is 8.96. The Bertz CT molecular complexity index is 985. The fourth-order valence-corrected chi connectivity index (χ4v) is 10.9. The van der Waals surface area contributed by atoms with Gasteiger partial charge in [-0.15, -0.1) is 37.2 Å². The first-order valence-electron chi connectivity index (χ1n) is 19.8. The van der Waals surface area contributed by atoms with Crippen molar-refractivity contribution in [2.75, 3.05) is 39.3 Å². The molecule has 4 aliphatic rings. The molecule has 4 rings (SSSR count). The van der Waals surface area contributed by atoms with Crippen molar-refractivity contribution in [3.8, 4) is 0 Å². The van der Waals surface area contributed by atoms with Gasteiger partial charge >= 0.3 is 5.97 Å². The van der Waals surface area contributed by atoms with Gasteiger partial charge in [-0.25, -0.2) is 0 Å². The average molecular weight is 752 g/mol. The maximum atomic E-state index is 13.5. The molecule has 3 saturated carbocycles. The molecule has 0 spiro atoms. The number of unbranched alkanes of at least 4 members (excludes halogenated alkanes) is 1. The molecule has 290 valence electrons. The van der Waals surface area contributed by atoms with Gasteiger partial charge in [0, 0.05) is 13.0 Å². The van der Waals surface area contributed by atoms with E-state index < -0.39 is 0 Å². The van der Waals surface area contributed by atoms with Gasteiger partial charge < -0.3 is 21.5 Å². The van der Waals surface area contributed by atoms with Crippen molar-refractivity contribution in [3.63, 3.8) is 0 Å². The number of hydrogen-bond acceptors (Lipinski definition) is 6. The second-order valence-corrected chi connectivity index (χ2v) is 17.0. The van der Waals surface area contributed by atoms with Gasteiger partial charge in [-0.05, 0) is 157 Å². The standard InChI is InChI=1S/C40H74N4O2.3ClH/c1-29(2)12-9-13-30(3)35-16-17-36-34-15-14-32-28-33(18-20-39(32,5)37(34)19-21-40(35,36)6)46-38(45)31(4)44(27-11-23-42)26-8-7-24-43-25-10-22-41;;;/h14,29-31,33-37,43H,7-13,15-28,41-42H2,1-6H3;3*1H/t30?,31?,33-,34-,35+,36-,37-,39-,40+;;;/m0.../s1. The minimum absolute atomic E-state index is 0. The maximum Gasteiger partial charge on any atom is 0.323 e. The highest BCUT2D eigenvalue weighted by molar-refractivity contribution is 5.86. The van der Waals surface area contributed by atoms with Crippen LogP contribution < -0.4 is 16.8 Å². The van der Waals surface area contributed by atoms with Crippen LogP contribution in [0.25, 0.3) is 0 Å². The number of hydrogen-bond donors (Lipinski definition) is 3. The van der Waals surface area contributed by atoms with Crippen molar-refractivity contribution in [1.29, 1.82) is 0 Å². The topological polar surface area (TPSA) is 93.6 Å². The predicted molar refractivity (Wildman–Crippen MR) is 215 cm³/mol. The zero-order chi connectivity index (χ0) is 33.3. The zero-order valence-corrected chi connectivity index (χ0v) is 34.6. The van der Waals surface area contributed by atoms with Crippen LogP contribution in [0.2, 0.25) is 0 Å². The number of nitrogens with zero attached hydrogens (tertiary/aromatic N) is 1. The molecular formula is C40H77Cl3N4O2. The van der Waals surface area contributed by atoms with Crippen LogP contribution in [0.4, 0.5) is 0 Å². The van der Waals surface area contributed by atoms with Crippen molar-refractivity contribution in [1.82, 2.24) is 10.2 Å². The molecule has 0 aromatic rings. The minimum Gasteiger partial charge on any atom is -0.461 e. The molecule has 9 heteroatoms. The van der Waals surface area contributed by atoms with Crippen molar-refractivity contribution < 1.29 is 9.53 Å². The number of nitrogens with one attached hydrogen (secondary N) is 1. The summed E-state index contributed by atoms with van der Waals surface area (Å²) in [4.78, 5) is 15.8. The monoisotopic (exact) mass is 751 g/mol. The molecule has 6 nitrogen and oxygen atoms in total. The van der Waals surface area contributed by atoms with E-state index in [-0.39, 0.29) is 60.8 Å². The van der Waals surface area contributed by atoms with Gasteiger partial charge in [0.05, 0.1) is 0 Å². The summed E-state index contributed by atoms with van der Waals surface area (Å²) < 4.78 is 6.31. The van der Waals surface area contributed by atoms with Gasteiger partial charge in [0.25, 0.3) is 0 Å². The molecule has 0 aromatic heterocycles. The second-order valence-electron chi connectivity index (χ2n) is 17.0. The van der Waals surface area contributed by atoms with Gasteiger partial charge in [-0.3, -0.25) is 9.69 Å². The number of fused-ring (bicyclic) bond motifs is 5. The molecule has 0 aliphatic heterocycles. The van der Waals surface area contributed by atoms with E-state index in [9.17, 15) is 4.79 Å². The fourth-order valence-electron chi connectivity index (χ4n) is 10.9. The number of nitrogens with two attached hydrogens (primary N) is 2. The third-order valence-corrected chi connectivity index (χ3v) is 13.7. The first kappa shape index (κ1) is 46.9. The van der Waals surface area contributed by atoms with E-state index in [2.05, 4.69) is 50.9 Å². The first-order chi connectivity index (χ1) is 22.0. The molecule has 4 aliphatic carbocycles. The Labute approximate surface area is 320 Å². The molecule has 2 unspecified atom stereocenters. The van der Waals surface area contributed by atoms with Crippen LogP contribution >= 0.6 is 37.2 Å². The summed E-state index contributed by atoms with van der Waals surface area (Å²) in [6, 6.07) is -0.228. The lowest BCUT2D eigenvalue weighted by atomic mass is 9.47. The number of esters is 1. The molecule has 0 aromatic carbocycles. The summed E-state index contributed by atoms with van der Waals surface area (Å²) in [7, 11) is 0. The number of halogens is 3. The summed E-state index contributed by atoms with van der Waals surface area (Å²) in [5.74, 6) is 5.07. The number of carbonyl (C=O) groups is 1. The molecule has 0 heterocycles. The Kier molecular flexibility index (Phi) is 21.3. The normalized spacial score (nSPS) is 31.6. The average Bonchev–Trinajstić information content (AvgIpc) is 3.39. The molecule has 49 heavy (non-hydrogen) atoms. The molecule has 0 amide bonds. The van der Waals surface area contributed by atoms with Crippen LogP contribution in [0.1, 0.15) is 138 Å². The Hall–Kier alpha value is -0.0800. The molecule has 5 N–H and O–H groups in total. The molecule has 9 atom stereocenters. The van der Waals surface area contributed by atoms with Crippen LogP contribution in [0, 0.1) is 46.3 Å². The van der Waals surface area contributed by atoms with Gasteiger partial charge in [-0.2, -0.15) is 0 Å². The lowest BCUT2D eigenvalue weighted by molar-refractivity contribution is -0.157. The van der Waals surface area contributed by atoms with Gasteiger partial charge in [0.1, 0.15) is 12.1 Å². The van der Waals surface area contributed by atoms with Crippen molar-refractivity contribution in [3.05, 3.63) is 11.6 Å². The number of carbonyl (C=O) groups excluding carboxylic acids is 1. The quantitative estimate of drug-likeness (QED) is 0.0694. The third kappa shape index (κ3) is 11.7. The van der Waals surface area contributed by atoms with Gasteiger partial charge in [-0.1, -0.05) is 65.5 Å². The third-order valence-electron chi connectivity index (χ3n) is 13.7.